The molecule has 3 fully saturated rings. The third-order valence-corrected chi connectivity index (χ3v) is 9.73. The number of piperidine rings is 1. The maximum absolute atomic E-state index is 13.6. The Morgan fingerprint density at radius 3 is 2.79 bits per heavy atom. The highest BCUT2D eigenvalue weighted by atomic mass is 32.2. The van der Waals surface area contributed by atoms with Crippen molar-refractivity contribution in [3.05, 3.63) is 20.8 Å². The van der Waals surface area contributed by atoms with E-state index >= 15 is 0 Å². The second-order valence-corrected chi connectivity index (χ2v) is 11.9. The molecule has 6 nitrogen and oxygen atoms in total. The zero-order chi connectivity index (χ0) is 22.9. The van der Waals surface area contributed by atoms with E-state index in [4.69, 9.17) is 9.72 Å². The number of carbonyl (C=O) groups is 1. The molecule has 33 heavy (non-hydrogen) atoms. The first-order chi connectivity index (χ1) is 16.1. The van der Waals surface area contributed by atoms with E-state index < -0.39 is 0 Å². The number of carbonyl (C=O) groups excluding carboxylic acids is 1. The van der Waals surface area contributed by atoms with E-state index in [1.807, 2.05) is 0 Å². The summed E-state index contributed by atoms with van der Waals surface area (Å²) in [6.07, 6.45) is 10.2. The van der Waals surface area contributed by atoms with Gasteiger partial charge < -0.3 is 9.64 Å². The summed E-state index contributed by atoms with van der Waals surface area (Å²) < 4.78 is 7.64. The van der Waals surface area contributed by atoms with Crippen LogP contribution in [-0.2, 0) is 22.5 Å². The fraction of sp³-hybridized carbons (Fsp3) is 0.720. The smallest absolute Gasteiger partial charge is 0.263 e. The van der Waals surface area contributed by atoms with Crippen LogP contribution in [0.2, 0.25) is 0 Å². The Morgan fingerprint density at radius 2 is 2.00 bits per heavy atom. The molecule has 5 rings (SSSR count). The molecule has 4 heterocycles. The van der Waals surface area contributed by atoms with Gasteiger partial charge in [-0.2, -0.15) is 0 Å². The predicted octanol–water partition coefficient (Wildman–Crippen LogP) is 4.78. The topological polar surface area (TPSA) is 64.4 Å². The third-order valence-electron chi connectivity index (χ3n) is 7.73. The first-order valence-electron chi connectivity index (χ1n) is 12.6. The van der Waals surface area contributed by atoms with Crippen LogP contribution >= 0.6 is 23.1 Å². The number of likely N-dealkylation sites (tertiary alicyclic amines) is 1. The van der Waals surface area contributed by atoms with Gasteiger partial charge in [-0.05, 0) is 63.4 Å². The lowest BCUT2D eigenvalue weighted by molar-refractivity contribution is -0.134. The van der Waals surface area contributed by atoms with Crippen molar-refractivity contribution in [3.63, 3.8) is 0 Å². The first-order valence-corrected chi connectivity index (χ1v) is 14.4. The summed E-state index contributed by atoms with van der Waals surface area (Å²) in [5.74, 6) is 1.22. The van der Waals surface area contributed by atoms with Crippen LogP contribution in [0.25, 0.3) is 10.2 Å². The molecule has 1 amide bonds. The zero-order valence-corrected chi connectivity index (χ0v) is 21.4. The number of hydrogen-bond donors (Lipinski definition) is 0. The van der Waals surface area contributed by atoms with Gasteiger partial charge in [0.25, 0.3) is 5.56 Å². The van der Waals surface area contributed by atoms with Gasteiger partial charge in [-0.25, -0.2) is 4.98 Å². The van der Waals surface area contributed by atoms with Crippen LogP contribution in [0.1, 0.15) is 68.7 Å². The Kier molecular flexibility index (Phi) is 7.14. The summed E-state index contributed by atoms with van der Waals surface area (Å²) in [6.45, 7) is 6.31. The molecule has 180 valence electrons. The molecule has 0 bridgehead atoms. The van der Waals surface area contributed by atoms with Gasteiger partial charge in [0.2, 0.25) is 5.91 Å². The third kappa shape index (κ3) is 4.63. The van der Waals surface area contributed by atoms with Gasteiger partial charge in [0, 0.05) is 24.1 Å². The number of amides is 1. The lowest BCUT2D eigenvalue weighted by Crippen LogP contribution is -2.50. The molecular weight excluding hydrogens is 454 g/mol. The molecule has 3 aliphatic rings. The van der Waals surface area contributed by atoms with Crippen molar-refractivity contribution in [2.75, 3.05) is 18.9 Å². The Morgan fingerprint density at radius 1 is 1.18 bits per heavy atom. The quantitative estimate of drug-likeness (QED) is 0.432. The number of aromatic nitrogens is 2. The van der Waals surface area contributed by atoms with E-state index in [0.29, 0.717) is 29.4 Å². The summed E-state index contributed by atoms with van der Waals surface area (Å²) in [4.78, 5) is 36.0. The van der Waals surface area contributed by atoms with E-state index in [9.17, 15) is 9.59 Å². The van der Waals surface area contributed by atoms with Gasteiger partial charge in [-0.15, -0.1) is 11.3 Å². The van der Waals surface area contributed by atoms with Gasteiger partial charge in [0.05, 0.1) is 23.8 Å². The largest absolute Gasteiger partial charge is 0.376 e. The fourth-order valence-electron chi connectivity index (χ4n) is 6.06. The Hall–Kier alpha value is -1.38. The lowest BCUT2D eigenvalue weighted by Gasteiger charge is -2.44. The average Bonchev–Trinajstić information content (AvgIpc) is 3.46. The highest BCUT2D eigenvalue weighted by Crippen LogP contribution is 2.36. The number of ether oxygens (including phenoxy) is 1. The van der Waals surface area contributed by atoms with E-state index in [-0.39, 0.29) is 17.6 Å². The average molecular weight is 490 g/mol. The molecule has 0 aromatic carbocycles. The highest BCUT2D eigenvalue weighted by molar-refractivity contribution is 7.99. The van der Waals surface area contributed by atoms with Crippen molar-refractivity contribution < 1.29 is 9.53 Å². The molecule has 2 aromatic heterocycles. The van der Waals surface area contributed by atoms with Crippen molar-refractivity contribution in [2.24, 2.45) is 5.92 Å². The minimum Gasteiger partial charge on any atom is -0.376 e. The lowest BCUT2D eigenvalue weighted by atomic mass is 9.78. The van der Waals surface area contributed by atoms with Gasteiger partial charge in [-0.3, -0.25) is 14.2 Å². The number of nitrogens with zero attached hydrogens (tertiary/aromatic N) is 3. The monoisotopic (exact) mass is 489 g/mol. The fourth-order valence-corrected chi connectivity index (χ4v) is 8.11. The van der Waals surface area contributed by atoms with Crippen LogP contribution in [0.3, 0.4) is 0 Å². The number of rotatable bonds is 6. The van der Waals surface area contributed by atoms with Crippen LogP contribution in [0, 0.1) is 12.8 Å². The molecule has 2 saturated heterocycles. The van der Waals surface area contributed by atoms with Crippen LogP contribution in [0.5, 0.6) is 0 Å². The van der Waals surface area contributed by atoms with E-state index in [1.54, 1.807) is 15.9 Å². The molecule has 2 aromatic rings. The Bertz CT molecular complexity index is 1070. The van der Waals surface area contributed by atoms with Crippen LogP contribution in [0.15, 0.2) is 9.95 Å². The van der Waals surface area contributed by atoms with Crippen LogP contribution in [0.4, 0.5) is 0 Å². The molecule has 2 aliphatic heterocycles. The second-order valence-electron chi connectivity index (χ2n) is 9.75. The molecule has 8 heteroatoms. The number of fused-ring (bicyclic) bond motifs is 2. The van der Waals surface area contributed by atoms with E-state index in [1.165, 1.54) is 37.4 Å². The Balaban J connectivity index is 1.41. The Labute approximate surface area is 204 Å². The first kappa shape index (κ1) is 23.4. The van der Waals surface area contributed by atoms with Crippen LogP contribution in [-0.4, -0.2) is 51.4 Å². The molecule has 0 N–H and O–H groups in total. The summed E-state index contributed by atoms with van der Waals surface area (Å²) >= 11 is 3.03. The molecule has 0 spiro atoms. The van der Waals surface area contributed by atoms with Gasteiger partial charge in [-0.1, -0.05) is 31.5 Å². The number of aryl methyl sites for hydroxylation is 2. The SMILES string of the molecule is CCc1c(C)sc2nc(SCC(=O)N3CCCC4CCCCC43)n(CC3CCCO3)c(=O)c12. The summed E-state index contributed by atoms with van der Waals surface area (Å²) in [5, 5.41) is 1.42. The molecular formula is C25H35N3O3S2. The molecule has 1 aliphatic carbocycles. The maximum Gasteiger partial charge on any atom is 0.263 e. The normalized spacial score (nSPS) is 25.5. The van der Waals surface area contributed by atoms with Crippen molar-refractivity contribution >= 4 is 39.2 Å². The van der Waals surface area contributed by atoms with Crippen molar-refractivity contribution in [3.8, 4) is 0 Å². The standard InChI is InChI=1S/C25H35N3O3S2/c1-3-19-16(2)33-23-22(19)24(30)28(14-18-10-7-13-31-18)25(26-23)32-15-21(29)27-12-6-9-17-8-4-5-11-20(17)27/h17-18,20H,3-15H2,1-2H3. The van der Waals surface area contributed by atoms with Gasteiger partial charge in [0.15, 0.2) is 5.16 Å². The van der Waals surface area contributed by atoms with E-state index in [0.717, 1.165) is 65.9 Å². The van der Waals surface area contributed by atoms with Crippen molar-refractivity contribution in [2.45, 2.75) is 95.5 Å². The number of hydrogen-bond acceptors (Lipinski definition) is 6. The van der Waals surface area contributed by atoms with Crippen LogP contribution < -0.4 is 5.56 Å². The molecule has 1 saturated carbocycles. The second kappa shape index (κ2) is 10.1. The van der Waals surface area contributed by atoms with E-state index in [2.05, 4.69) is 18.7 Å². The summed E-state index contributed by atoms with van der Waals surface area (Å²) in [6, 6.07) is 0.414. The predicted molar refractivity (Wildman–Crippen MR) is 134 cm³/mol. The minimum absolute atomic E-state index is 0.0250. The number of thiophene rings is 1. The maximum atomic E-state index is 13.6. The number of thioether (sulfide) groups is 1. The van der Waals surface area contributed by atoms with Gasteiger partial charge >= 0.3 is 0 Å². The highest BCUT2D eigenvalue weighted by Gasteiger charge is 2.35. The van der Waals surface area contributed by atoms with Crippen molar-refractivity contribution in [1.82, 2.24) is 14.5 Å². The zero-order valence-electron chi connectivity index (χ0n) is 19.8. The molecule has 3 atom stereocenters. The van der Waals surface area contributed by atoms with Gasteiger partial charge in [0.1, 0.15) is 4.83 Å². The summed E-state index contributed by atoms with van der Waals surface area (Å²) in [5.41, 5.74) is 1.13. The van der Waals surface area contributed by atoms with Crippen molar-refractivity contribution in [1.29, 1.82) is 0 Å². The summed E-state index contributed by atoms with van der Waals surface area (Å²) in [7, 11) is 0. The molecule has 0 radical (unpaired) electrons. The minimum atomic E-state index is 0.0250. The molecule has 3 unspecified atom stereocenters.